The summed E-state index contributed by atoms with van der Waals surface area (Å²) in [7, 11) is 3.29. The average molecular weight is 544 g/mol. The molecule has 0 aromatic heterocycles. The molecule has 0 bridgehead atoms. The van der Waals surface area contributed by atoms with E-state index < -0.39 is 0 Å². The Bertz CT molecular complexity index is 845. The molecule has 3 rings (SSSR count). The fourth-order valence-electron chi connectivity index (χ4n) is 3.46. The lowest BCUT2D eigenvalue weighted by molar-refractivity contribution is 0.0170. The quantitative estimate of drug-likeness (QED) is 0.283. The lowest BCUT2D eigenvalue weighted by Crippen LogP contribution is -2.46. The molecule has 2 aromatic carbocycles. The number of ether oxygens (including phenoxy) is 2. The number of methoxy groups -OCH3 is 1. The zero-order chi connectivity index (χ0) is 21.3. The fraction of sp³-hybridized carbons (Fsp3) is 0.409. The van der Waals surface area contributed by atoms with Crippen molar-refractivity contribution < 1.29 is 19.0 Å². The highest BCUT2D eigenvalue weighted by molar-refractivity contribution is 14.0. The number of nitrogens with zero attached hydrogens (tertiary/aromatic N) is 2. The van der Waals surface area contributed by atoms with Gasteiger partial charge in [0.15, 0.2) is 5.96 Å². The largest absolute Gasteiger partial charge is 0.508 e. The van der Waals surface area contributed by atoms with Gasteiger partial charge in [-0.25, -0.2) is 4.39 Å². The van der Waals surface area contributed by atoms with Gasteiger partial charge in [0.25, 0.3) is 0 Å². The maximum absolute atomic E-state index is 13.4. The van der Waals surface area contributed by atoms with Crippen molar-refractivity contribution in [3.05, 3.63) is 59.4 Å². The maximum atomic E-state index is 13.4. The number of aliphatic imine (C=N–C) groups is 1. The van der Waals surface area contributed by atoms with Crippen LogP contribution in [0.3, 0.4) is 0 Å². The van der Waals surface area contributed by atoms with E-state index in [0.717, 1.165) is 18.7 Å². The van der Waals surface area contributed by atoms with Gasteiger partial charge in [-0.05, 0) is 35.9 Å². The van der Waals surface area contributed by atoms with Crippen LogP contribution in [0.4, 0.5) is 4.39 Å². The summed E-state index contributed by atoms with van der Waals surface area (Å²) >= 11 is 0. The van der Waals surface area contributed by atoms with Crippen molar-refractivity contribution >= 4 is 29.9 Å². The molecule has 3 N–H and O–H groups in total. The van der Waals surface area contributed by atoms with Gasteiger partial charge in [0.2, 0.25) is 0 Å². The number of hydrogen-bond acceptors (Lipinski definition) is 5. The SMILES string of the molecule is CN=C(NCc1cc(OC)ccc1O)NCC(c1ccc(F)cc1)N1CCOCC1.I. The second-order valence-corrected chi connectivity index (χ2v) is 7.02. The Morgan fingerprint density at radius 3 is 2.55 bits per heavy atom. The first-order chi connectivity index (χ1) is 14.6. The van der Waals surface area contributed by atoms with Gasteiger partial charge in [-0.15, -0.1) is 24.0 Å². The first kappa shape index (κ1) is 25.2. The van der Waals surface area contributed by atoms with Crippen molar-refractivity contribution in [2.75, 3.05) is 47.0 Å². The van der Waals surface area contributed by atoms with E-state index in [1.54, 1.807) is 32.4 Å². The molecule has 0 spiro atoms. The first-order valence-corrected chi connectivity index (χ1v) is 9.98. The van der Waals surface area contributed by atoms with Crippen molar-refractivity contribution in [2.45, 2.75) is 12.6 Å². The number of rotatable bonds is 7. The maximum Gasteiger partial charge on any atom is 0.191 e. The van der Waals surface area contributed by atoms with E-state index >= 15 is 0 Å². The van der Waals surface area contributed by atoms with E-state index in [1.165, 1.54) is 12.1 Å². The number of phenols is 1. The number of nitrogens with one attached hydrogen (secondary N) is 2. The van der Waals surface area contributed by atoms with Gasteiger partial charge in [0.05, 0.1) is 26.4 Å². The molecule has 170 valence electrons. The number of benzene rings is 2. The molecule has 9 heteroatoms. The summed E-state index contributed by atoms with van der Waals surface area (Å²) in [6.45, 7) is 3.97. The van der Waals surface area contributed by atoms with Gasteiger partial charge in [-0.2, -0.15) is 0 Å². The monoisotopic (exact) mass is 544 g/mol. The van der Waals surface area contributed by atoms with Gasteiger partial charge in [0.1, 0.15) is 17.3 Å². The van der Waals surface area contributed by atoms with Crippen molar-refractivity contribution in [3.8, 4) is 11.5 Å². The molecular weight excluding hydrogens is 514 g/mol. The van der Waals surface area contributed by atoms with E-state index in [2.05, 4.69) is 20.5 Å². The Hall–Kier alpha value is -2.11. The molecule has 0 radical (unpaired) electrons. The summed E-state index contributed by atoms with van der Waals surface area (Å²) in [5.74, 6) is 1.23. The summed E-state index contributed by atoms with van der Waals surface area (Å²) in [6.07, 6.45) is 0. The van der Waals surface area contributed by atoms with Gasteiger partial charge < -0.3 is 25.2 Å². The smallest absolute Gasteiger partial charge is 0.191 e. The summed E-state index contributed by atoms with van der Waals surface area (Å²) in [6, 6.07) is 11.8. The fourth-order valence-corrected chi connectivity index (χ4v) is 3.46. The highest BCUT2D eigenvalue weighted by Gasteiger charge is 2.23. The van der Waals surface area contributed by atoms with Gasteiger partial charge in [0, 0.05) is 38.8 Å². The molecule has 1 aliphatic rings. The number of halogens is 2. The summed E-state index contributed by atoms with van der Waals surface area (Å²) in [5, 5.41) is 16.6. The number of aromatic hydroxyl groups is 1. The highest BCUT2D eigenvalue weighted by Crippen LogP contribution is 2.23. The molecule has 0 aliphatic carbocycles. The number of guanidine groups is 1. The average Bonchev–Trinajstić information content (AvgIpc) is 2.78. The molecule has 1 saturated heterocycles. The normalized spacial score (nSPS) is 15.6. The Kier molecular flexibility index (Phi) is 10.3. The van der Waals surface area contributed by atoms with Crippen LogP contribution in [0.5, 0.6) is 11.5 Å². The molecule has 7 nitrogen and oxygen atoms in total. The Morgan fingerprint density at radius 2 is 1.90 bits per heavy atom. The van der Waals surface area contributed by atoms with Crippen LogP contribution >= 0.6 is 24.0 Å². The Labute approximate surface area is 199 Å². The molecule has 0 amide bonds. The van der Waals surface area contributed by atoms with Crippen LogP contribution in [0.1, 0.15) is 17.2 Å². The van der Waals surface area contributed by atoms with Gasteiger partial charge >= 0.3 is 0 Å². The number of morpholine rings is 1. The molecule has 1 aliphatic heterocycles. The standard InChI is InChI=1S/C22H29FN4O3.HI/c1-24-22(25-14-17-13-19(29-2)7-8-21(17)28)26-15-20(27-9-11-30-12-10-27)16-3-5-18(23)6-4-16;/h3-8,13,20,28H,9-12,14-15H2,1-2H3,(H2,24,25,26);1H. The first-order valence-electron chi connectivity index (χ1n) is 9.98. The molecule has 1 fully saturated rings. The Balaban J connectivity index is 0.00000341. The van der Waals surface area contributed by atoms with Crippen LogP contribution < -0.4 is 15.4 Å². The van der Waals surface area contributed by atoms with Crippen LogP contribution in [0.25, 0.3) is 0 Å². The molecule has 1 heterocycles. The second kappa shape index (κ2) is 12.7. The summed E-state index contributed by atoms with van der Waals surface area (Å²) in [5.41, 5.74) is 1.74. The van der Waals surface area contributed by atoms with E-state index in [9.17, 15) is 9.50 Å². The number of hydrogen-bond donors (Lipinski definition) is 3. The predicted octanol–water partition coefficient (Wildman–Crippen LogP) is 2.90. The molecule has 1 atom stereocenters. The van der Waals surface area contributed by atoms with Crippen LogP contribution in [0.15, 0.2) is 47.5 Å². The van der Waals surface area contributed by atoms with Crippen molar-refractivity contribution in [2.24, 2.45) is 4.99 Å². The molecule has 1 unspecified atom stereocenters. The predicted molar refractivity (Wildman–Crippen MR) is 130 cm³/mol. The van der Waals surface area contributed by atoms with Crippen LogP contribution in [0.2, 0.25) is 0 Å². The minimum absolute atomic E-state index is 0. The molecule has 0 saturated carbocycles. The van der Waals surface area contributed by atoms with E-state index in [-0.39, 0.29) is 41.6 Å². The van der Waals surface area contributed by atoms with Crippen molar-refractivity contribution in [1.82, 2.24) is 15.5 Å². The zero-order valence-corrected chi connectivity index (χ0v) is 20.1. The van der Waals surface area contributed by atoms with Crippen LogP contribution in [-0.4, -0.2) is 63.0 Å². The minimum atomic E-state index is -0.247. The van der Waals surface area contributed by atoms with Crippen LogP contribution in [-0.2, 0) is 11.3 Å². The highest BCUT2D eigenvalue weighted by atomic mass is 127. The molecular formula is C22H30FIN4O3. The zero-order valence-electron chi connectivity index (χ0n) is 17.8. The minimum Gasteiger partial charge on any atom is -0.508 e. The van der Waals surface area contributed by atoms with E-state index in [4.69, 9.17) is 9.47 Å². The topological polar surface area (TPSA) is 78.4 Å². The molecule has 31 heavy (non-hydrogen) atoms. The van der Waals surface area contributed by atoms with Crippen molar-refractivity contribution in [1.29, 1.82) is 0 Å². The third kappa shape index (κ3) is 7.22. The number of phenolic OH excluding ortho intramolecular Hbond substituents is 1. The van der Waals surface area contributed by atoms with E-state index in [0.29, 0.717) is 43.6 Å². The summed E-state index contributed by atoms with van der Waals surface area (Å²) < 4.78 is 24.1. The summed E-state index contributed by atoms with van der Waals surface area (Å²) in [4.78, 5) is 6.60. The lowest BCUT2D eigenvalue weighted by atomic mass is 10.0. The van der Waals surface area contributed by atoms with E-state index in [1.807, 2.05) is 12.1 Å². The Morgan fingerprint density at radius 1 is 1.19 bits per heavy atom. The third-order valence-electron chi connectivity index (χ3n) is 5.16. The van der Waals surface area contributed by atoms with Gasteiger partial charge in [-0.3, -0.25) is 9.89 Å². The van der Waals surface area contributed by atoms with Crippen molar-refractivity contribution in [3.63, 3.8) is 0 Å². The lowest BCUT2D eigenvalue weighted by Gasteiger charge is -2.35. The third-order valence-corrected chi connectivity index (χ3v) is 5.16. The van der Waals surface area contributed by atoms with Gasteiger partial charge in [-0.1, -0.05) is 12.1 Å². The molecule has 2 aromatic rings. The second-order valence-electron chi connectivity index (χ2n) is 7.02. The van der Waals surface area contributed by atoms with Crippen LogP contribution in [0, 0.1) is 5.82 Å².